The lowest BCUT2D eigenvalue weighted by molar-refractivity contribution is -0.129. The molecule has 2 aromatic rings. The molecule has 130 valence electrons. The van der Waals surface area contributed by atoms with Crippen molar-refractivity contribution in [2.45, 2.75) is 32.0 Å². The molecule has 24 heavy (non-hydrogen) atoms. The van der Waals surface area contributed by atoms with Gasteiger partial charge in [-0.15, -0.1) is 11.3 Å². The summed E-state index contributed by atoms with van der Waals surface area (Å²) in [6.07, 6.45) is 4.11. The Morgan fingerprint density at radius 2 is 2.50 bits per heavy atom. The lowest BCUT2D eigenvalue weighted by Crippen LogP contribution is -2.53. The quantitative estimate of drug-likeness (QED) is 0.800. The monoisotopic (exact) mass is 349 g/mol. The second-order valence-corrected chi connectivity index (χ2v) is 6.93. The van der Waals surface area contributed by atoms with E-state index in [-0.39, 0.29) is 18.1 Å². The zero-order valence-electron chi connectivity index (χ0n) is 13.8. The third kappa shape index (κ3) is 4.62. The van der Waals surface area contributed by atoms with Gasteiger partial charge in [-0.2, -0.15) is 5.10 Å². The van der Waals surface area contributed by atoms with Crippen molar-refractivity contribution in [1.29, 1.82) is 0 Å². The van der Waals surface area contributed by atoms with Gasteiger partial charge in [0.1, 0.15) is 12.7 Å². The number of rotatable bonds is 7. The van der Waals surface area contributed by atoms with E-state index in [9.17, 15) is 4.79 Å². The predicted octanol–water partition coefficient (Wildman–Crippen LogP) is 0.788. The number of hydrogen-bond donors (Lipinski definition) is 1. The molecule has 0 unspecified atom stereocenters. The van der Waals surface area contributed by atoms with E-state index in [1.54, 1.807) is 22.3 Å². The van der Waals surface area contributed by atoms with Crippen LogP contribution in [-0.2, 0) is 22.5 Å². The molecule has 1 saturated heterocycles. The Morgan fingerprint density at radius 1 is 1.58 bits per heavy atom. The molecule has 3 rings (SSSR count). The van der Waals surface area contributed by atoms with Crippen LogP contribution < -0.4 is 5.32 Å². The Kier molecular flexibility index (Phi) is 5.95. The minimum atomic E-state index is -0.157. The average Bonchev–Trinajstić information content (AvgIpc) is 3.28. The number of thiophene rings is 1. The van der Waals surface area contributed by atoms with Gasteiger partial charge in [-0.3, -0.25) is 14.4 Å². The molecule has 8 heteroatoms. The van der Waals surface area contributed by atoms with Crippen LogP contribution in [0.3, 0.4) is 0 Å². The summed E-state index contributed by atoms with van der Waals surface area (Å²) >= 11 is 1.72. The number of nitrogens with one attached hydrogen (secondary N) is 1. The maximum absolute atomic E-state index is 12.4. The second kappa shape index (κ2) is 8.36. The summed E-state index contributed by atoms with van der Waals surface area (Å²) in [7, 11) is 0. The summed E-state index contributed by atoms with van der Waals surface area (Å²) in [5.74, 6) is 0.0768. The molecule has 0 aromatic carbocycles. The number of carbonyl (C=O) groups excluding carboxylic acids is 1. The molecule has 3 heterocycles. The average molecular weight is 349 g/mol. The lowest BCUT2D eigenvalue weighted by Gasteiger charge is -2.36. The van der Waals surface area contributed by atoms with Crippen molar-refractivity contribution in [1.82, 2.24) is 25.0 Å². The Morgan fingerprint density at radius 3 is 3.25 bits per heavy atom. The Bertz CT molecular complexity index is 616. The fourth-order valence-electron chi connectivity index (χ4n) is 2.82. The van der Waals surface area contributed by atoms with E-state index in [2.05, 4.69) is 31.7 Å². The molecular weight excluding hydrogens is 326 g/mol. The van der Waals surface area contributed by atoms with Crippen LogP contribution in [0.5, 0.6) is 0 Å². The number of nitrogens with zero attached hydrogens (tertiary/aromatic N) is 4. The number of morpholine rings is 1. The summed E-state index contributed by atoms with van der Waals surface area (Å²) < 4.78 is 7.54. The Hall–Kier alpha value is -1.77. The van der Waals surface area contributed by atoms with E-state index in [0.717, 1.165) is 19.5 Å². The molecule has 2 atom stereocenters. The van der Waals surface area contributed by atoms with Gasteiger partial charge in [0.15, 0.2) is 0 Å². The summed E-state index contributed by atoms with van der Waals surface area (Å²) in [6, 6.07) is 3.97. The molecule has 7 nitrogen and oxygen atoms in total. The fraction of sp³-hybridized carbons (Fsp3) is 0.562. The van der Waals surface area contributed by atoms with Crippen molar-refractivity contribution in [2.75, 3.05) is 26.2 Å². The van der Waals surface area contributed by atoms with Gasteiger partial charge in [-0.1, -0.05) is 6.07 Å². The van der Waals surface area contributed by atoms with Gasteiger partial charge in [0.05, 0.1) is 25.3 Å². The molecule has 0 spiro atoms. The van der Waals surface area contributed by atoms with Gasteiger partial charge in [-0.05, 0) is 24.8 Å². The Labute approximate surface area is 145 Å². The highest BCUT2D eigenvalue weighted by Gasteiger charge is 2.28. The van der Waals surface area contributed by atoms with Crippen LogP contribution in [0.25, 0.3) is 0 Å². The van der Waals surface area contributed by atoms with E-state index < -0.39 is 0 Å². The van der Waals surface area contributed by atoms with Gasteiger partial charge in [0, 0.05) is 24.5 Å². The van der Waals surface area contributed by atoms with E-state index in [4.69, 9.17) is 4.74 Å². The van der Waals surface area contributed by atoms with Gasteiger partial charge in [0.2, 0.25) is 5.91 Å². The molecule has 0 aliphatic carbocycles. The molecule has 1 fully saturated rings. The largest absolute Gasteiger partial charge is 0.374 e. The first-order valence-electron chi connectivity index (χ1n) is 8.20. The van der Waals surface area contributed by atoms with Crippen molar-refractivity contribution in [3.05, 3.63) is 35.0 Å². The summed E-state index contributed by atoms with van der Waals surface area (Å²) in [4.78, 5) is 19.8. The second-order valence-electron chi connectivity index (χ2n) is 5.90. The lowest BCUT2D eigenvalue weighted by atomic mass is 10.2. The molecule has 1 aliphatic heterocycles. The Balaban J connectivity index is 1.44. The standard InChI is InChI=1S/C16H23N5O2S/c1-13(16(22)18-5-4-15-3-2-8-24-15)20-6-7-23-14(9-20)10-21-12-17-11-19-21/h2-3,8,11-14H,4-7,9-10H2,1H3,(H,18,22)/t13-,14+/m0/s1. The van der Waals surface area contributed by atoms with Crippen molar-refractivity contribution in [2.24, 2.45) is 0 Å². The van der Waals surface area contributed by atoms with Gasteiger partial charge in [-0.25, -0.2) is 4.98 Å². The maximum atomic E-state index is 12.4. The van der Waals surface area contributed by atoms with E-state index in [1.807, 2.05) is 13.0 Å². The first kappa shape index (κ1) is 17.1. The molecule has 1 amide bonds. The normalized spacial score (nSPS) is 20.0. The van der Waals surface area contributed by atoms with Gasteiger partial charge < -0.3 is 10.1 Å². The first-order chi connectivity index (χ1) is 11.7. The van der Waals surface area contributed by atoms with Crippen LogP contribution in [0.15, 0.2) is 30.2 Å². The minimum absolute atomic E-state index is 0.0295. The summed E-state index contributed by atoms with van der Waals surface area (Å²) in [5.41, 5.74) is 0. The molecule has 0 bridgehead atoms. The molecular formula is C16H23N5O2S. The number of amides is 1. The smallest absolute Gasteiger partial charge is 0.237 e. The van der Waals surface area contributed by atoms with Gasteiger partial charge >= 0.3 is 0 Å². The number of aromatic nitrogens is 3. The first-order valence-corrected chi connectivity index (χ1v) is 9.08. The third-order valence-electron chi connectivity index (χ3n) is 4.21. The maximum Gasteiger partial charge on any atom is 0.237 e. The third-order valence-corrected chi connectivity index (χ3v) is 5.14. The van der Waals surface area contributed by atoms with Crippen LogP contribution in [0.1, 0.15) is 11.8 Å². The minimum Gasteiger partial charge on any atom is -0.374 e. The zero-order valence-corrected chi connectivity index (χ0v) is 14.6. The fourth-order valence-corrected chi connectivity index (χ4v) is 3.53. The predicted molar refractivity (Wildman–Crippen MR) is 91.8 cm³/mol. The zero-order chi connectivity index (χ0) is 16.8. The van der Waals surface area contributed by atoms with Crippen LogP contribution >= 0.6 is 11.3 Å². The van der Waals surface area contributed by atoms with Crippen LogP contribution in [0, 0.1) is 0 Å². The highest BCUT2D eigenvalue weighted by Crippen LogP contribution is 2.11. The molecule has 2 aromatic heterocycles. The summed E-state index contributed by atoms with van der Waals surface area (Å²) in [5, 5.41) is 9.20. The highest BCUT2D eigenvalue weighted by molar-refractivity contribution is 7.09. The number of ether oxygens (including phenoxy) is 1. The molecule has 0 radical (unpaired) electrons. The van der Waals surface area contributed by atoms with Crippen LogP contribution in [0.4, 0.5) is 0 Å². The number of carbonyl (C=O) groups is 1. The van der Waals surface area contributed by atoms with Crippen molar-refractivity contribution < 1.29 is 9.53 Å². The van der Waals surface area contributed by atoms with Crippen LogP contribution in [0.2, 0.25) is 0 Å². The molecule has 1 aliphatic rings. The molecule has 0 saturated carbocycles. The van der Waals surface area contributed by atoms with E-state index >= 15 is 0 Å². The van der Waals surface area contributed by atoms with Crippen molar-refractivity contribution in [3.8, 4) is 0 Å². The summed E-state index contributed by atoms with van der Waals surface area (Å²) in [6.45, 7) is 5.41. The van der Waals surface area contributed by atoms with Gasteiger partial charge in [0.25, 0.3) is 0 Å². The SMILES string of the molecule is C[C@@H](C(=O)NCCc1cccs1)N1CCO[C@@H](Cn2cncn2)C1. The topological polar surface area (TPSA) is 72.3 Å². The molecule has 1 N–H and O–H groups in total. The van der Waals surface area contributed by atoms with Crippen molar-refractivity contribution >= 4 is 17.2 Å². The van der Waals surface area contributed by atoms with Crippen molar-refractivity contribution in [3.63, 3.8) is 0 Å². The van der Waals surface area contributed by atoms with E-state index in [1.165, 1.54) is 11.2 Å². The highest BCUT2D eigenvalue weighted by atomic mass is 32.1. The van der Waals surface area contributed by atoms with Crippen LogP contribution in [-0.4, -0.2) is 64.0 Å². The number of hydrogen-bond acceptors (Lipinski definition) is 6. The van der Waals surface area contributed by atoms with E-state index in [0.29, 0.717) is 19.7 Å².